The minimum atomic E-state index is -0.566. The molecule has 0 radical (unpaired) electrons. The third-order valence-corrected chi connectivity index (χ3v) is 5.35. The average Bonchev–Trinajstić information content (AvgIpc) is 3.00. The Morgan fingerprint density at radius 1 is 1.26 bits per heavy atom. The number of ether oxygens (including phenoxy) is 1. The van der Waals surface area contributed by atoms with Crippen molar-refractivity contribution in [3.8, 4) is 0 Å². The molecule has 0 fully saturated rings. The maximum absolute atomic E-state index is 12.7. The highest BCUT2D eigenvalue weighted by Crippen LogP contribution is 2.21. The van der Waals surface area contributed by atoms with Gasteiger partial charge in [-0.2, -0.15) is 0 Å². The molecule has 0 atom stereocenters. The third kappa shape index (κ3) is 4.72. The fourth-order valence-electron chi connectivity index (χ4n) is 3.27. The molecule has 5 N–H and O–H groups in total. The van der Waals surface area contributed by atoms with Gasteiger partial charge in [-0.25, -0.2) is 23.9 Å². The van der Waals surface area contributed by atoms with E-state index >= 15 is 0 Å². The zero-order valence-corrected chi connectivity index (χ0v) is 19.3. The molecule has 2 aromatic heterocycles. The van der Waals surface area contributed by atoms with Gasteiger partial charge in [0.2, 0.25) is 0 Å². The Balaban J connectivity index is 1.99. The first kappa shape index (κ1) is 22.8. The van der Waals surface area contributed by atoms with Gasteiger partial charge in [-0.3, -0.25) is 4.79 Å². The lowest BCUT2D eigenvalue weighted by Gasteiger charge is -2.08. The maximum atomic E-state index is 12.7. The molecule has 3 aromatic rings. The van der Waals surface area contributed by atoms with Crippen LogP contribution < -0.4 is 21.4 Å². The number of nitrogen functional groups attached to an aromatic ring is 2. The third-order valence-electron chi connectivity index (χ3n) is 4.58. The molecule has 1 aromatic carbocycles. The molecule has 0 aliphatic carbocycles. The lowest BCUT2D eigenvalue weighted by Crippen LogP contribution is -2.44. The van der Waals surface area contributed by atoms with Crippen LogP contribution in [0.2, 0.25) is 5.15 Å². The summed E-state index contributed by atoms with van der Waals surface area (Å²) >= 11 is 9.36. The number of amides is 1. The van der Waals surface area contributed by atoms with Crippen molar-refractivity contribution >= 4 is 62.1 Å². The molecule has 1 amide bonds. The molecule has 0 bridgehead atoms. The summed E-state index contributed by atoms with van der Waals surface area (Å²) in [5.74, 6) is -0.425. The molecule has 10 nitrogen and oxygen atoms in total. The number of esters is 1. The average molecular weight is 512 g/mol. The zero-order chi connectivity index (χ0) is 22.7. The minimum absolute atomic E-state index is 0.000179. The van der Waals surface area contributed by atoms with E-state index in [9.17, 15) is 9.59 Å². The van der Waals surface area contributed by atoms with Gasteiger partial charge in [0.25, 0.3) is 11.7 Å². The first-order valence-corrected chi connectivity index (χ1v) is 10.7. The number of hydrogen-bond donors (Lipinski definition) is 3. The Morgan fingerprint density at radius 3 is 2.68 bits per heavy atom. The van der Waals surface area contributed by atoms with Crippen molar-refractivity contribution in [3.05, 3.63) is 39.3 Å². The molecular formula is C19H22BrClN7O3+. The van der Waals surface area contributed by atoms with Gasteiger partial charge in [0.05, 0.1) is 13.2 Å². The number of rotatable bonds is 7. The number of aromatic nitrogens is 4. The fraction of sp³-hybridized carbons (Fsp3) is 0.316. The number of carbonyl (C=O) groups is 2. The predicted molar refractivity (Wildman–Crippen MR) is 119 cm³/mol. The predicted octanol–water partition coefficient (Wildman–Crippen LogP) is 1.81. The highest BCUT2D eigenvalue weighted by atomic mass is 79.9. The molecule has 12 heteroatoms. The van der Waals surface area contributed by atoms with Crippen LogP contribution in [0.5, 0.6) is 0 Å². The smallest absolute Gasteiger partial charge is 0.348 e. The van der Waals surface area contributed by atoms with E-state index in [-0.39, 0.29) is 48.1 Å². The Kier molecular flexibility index (Phi) is 6.96. The summed E-state index contributed by atoms with van der Waals surface area (Å²) < 4.78 is 9.84. The van der Waals surface area contributed by atoms with Crippen LogP contribution >= 0.6 is 27.5 Å². The number of imidazole rings is 1. The summed E-state index contributed by atoms with van der Waals surface area (Å²) in [6, 6.07) is 5.74. The molecule has 3 rings (SSSR count). The molecule has 0 saturated heterocycles. The van der Waals surface area contributed by atoms with Crippen LogP contribution in [0.3, 0.4) is 0 Å². The van der Waals surface area contributed by atoms with Crippen LogP contribution in [0, 0.1) is 0 Å². The van der Waals surface area contributed by atoms with Crippen LogP contribution in [0.4, 0.5) is 11.6 Å². The number of hydrogen-bond acceptors (Lipinski definition) is 7. The van der Waals surface area contributed by atoms with E-state index in [4.69, 9.17) is 27.8 Å². The van der Waals surface area contributed by atoms with Gasteiger partial charge in [-0.05, 0) is 26.0 Å². The Morgan fingerprint density at radius 2 is 2.00 bits per heavy atom. The molecule has 31 heavy (non-hydrogen) atoms. The van der Waals surface area contributed by atoms with E-state index in [1.54, 1.807) is 6.92 Å². The van der Waals surface area contributed by atoms with Crippen molar-refractivity contribution in [2.24, 2.45) is 0 Å². The van der Waals surface area contributed by atoms with E-state index in [0.717, 1.165) is 15.5 Å². The normalized spacial score (nSPS) is 11.0. The van der Waals surface area contributed by atoms with Crippen LogP contribution in [-0.4, -0.2) is 33.0 Å². The second-order valence-electron chi connectivity index (χ2n) is 6.50. The molecule has 0 unspecified atom stereocenters. The zero-order valence-electron chi connectivity index (χ0n) is 17.0. The maximum Gasteiger partial charge on any atom is 0.348 e. The van der Waals surface area contributed by atoms with Gasteiger partial charge in [-0.15, -0.1) is 0 Å². The first-order chi connectivity index (χ1) is 14.8. The second-order valence-corrected chi connectivity index (χ2v) is 7.77. The van der Waals surface area contributed by atoms with Crippen LogP contribution in [-0.2, 0) is 29.2 Å². The number of aryl methyl sites for hydroxylation is 1. The van der Waals surface area contributed by atoms with E-state index in [0.29, 0.717) is 12.4 Å². The van der Waals surface area contributed by atoms with Crippen molar-refractivity contribution in [1.82, 2.24) is 19.9 Å². The number of fused-ring (bicyclic) bond motifs is 1. The van der Waals surface area contributed by atoms with Crippen LogP contribution in [0.25, 0.3) is 11.0 Å². The molecule has 164 valence electrons. The monoisotopic (exact) mass is 510 g/mol. The quantitative estimate of drug-likeness (QED) is 0.324. The van der Waals surface area contributed by atoms with Gasteiger partial charge in [0.15, 0.2) is 40.1 Å². The molecule has 0 aliphatic rings. The molecular weight excluding hydrogens is 490 g/mol. The van der Waals surface area contributed by atoms with Crippen LogP contribution in [0.1, 0.15) is 30.2 Å². The summed E-state index contributed by atoms with van der Waals surface area (Å²) in [7, 11) is 0. The largest absolute Gasteiger partial charge is 0.463 e. The number of nitrogens with zero attached hydrogens (tertiary/aromatic N) is 4. The van der Waals surface area contributed by atoms with Crippen molar-refractivity contribution < 1.29 is 18.9 Å². The number of halogens is 2. The van der Waals surface area contributed by atoms with E-state index < -0.39 is 5.91 Å². The van der Waals surface area contributed by atoms with Gasteiger partial charge < -0.3 is 21.5 Å². The van der Waals surface area contributed by atoms with E-state index in [2.05, 4.69) is 31.2 Å². The summed E-state index contributed by atoms with van der Waals surface area (Å²) in [6.07, 6.45) is 0. The number of benzene rings is 1. The van der Waals surface area contributed by atoms with Crippen molar-refractivity contribution in [2.45, 2.75) is 33.5 Å². The van der Waals surface area contributed by atoms with Gasteiger partial charge in [-0.1, -0.05) is 27.5 Å². The first-order valence-electron chi connectivity index (χ1n) is 9.49. The Hall–Kier alpha value is -2.92. The van der Waals surface area contributed by atoms with Gasteiger partial charge in [0, 0.05) is 10.5 Å². The molecule has 0 spiro atoms. The van der Waals surface area contributed by atoms with Gasteiger partial charge >= 0.3 is 5.97 Å². The number of carbonyl (C=O) groups excluding carboxylic acids is 2. The summed E-state index contributed by atoms with van der Waals surface area (Å²) in [5, 5.41) is 2.67. The van der Waals surface area contributed by atoms with Crippen molar-refractivity contribution in [2.75, 3.05) is 18.1 Å². The van der Waals surface area contributed by atoms with E-state index in [1.807, 2.05) is 34.3 Å². The number of nitrogens with one attached hydrogen (secondary N) is 1. The molecule has 0 aliphatic heterocycles. The topological polar surface area (TPSA) is 142 Å². The molecule has 0 saturated carbocycles. The SMILES string of the molecule is CCOC(=O)C[n+]1c(CNC(=O)c2nc(Cl)c(N)nc2N)n(CC)c2cc(Br)ccc21. The Bertz CT molecular complexity index is 1170. The standard InChI is InChI=1S/C19H21BrClN7O3/c1-3-27-12-7-10(20)5-6-11(12)28(9-14(29)31-4-2)13(27)8-24-19(30)15-17(22)26-18(23)16(21)25-15/h5-7H,3-4,8-9H2,1-2H3,(H4-,22,23,24,26,30)/p+1. The van der Waals surface area contributed by atoms with E-state index in [1.165, 1.54) is 0 Å². The summed E-state index contributed by atoms with van der Waals surface area (Å²) in [5.41, 5.74) is 12.9. The van der Waals surface area contributed by atoms with Crippen molar-refractivity contribution in [3.63, 3.8) is 0 Å². The lowest BCUT2D eigenvalue weighted by atomic mass is 10.3. The highest BCUT2D eigenvalue weighted by molar-refractivity contribution is 9.10. The Labute approximate surface area is 191 Å². The highest BCUT2D eigenvalue weighted by Gasteiger charge is 2.27. The minimum Gasteiger partial charge on any atom is -0.463 e. The molecule has 2 heterocycles. The second kappa shape index (κ2) is 9.48. The summed E-state index contributed by atoms with van der Waals surface area (Å²) in [6.45, 7) is 4.72. The van der Waals surface area contributed by atoms with Crippen LogP contribution in [0.15, 0.2) is 22.7 Å². The summed E-state index contributed by atoms with van der Waals surface area (Å²) in [4.78, 5) is 32.7. The lowest BCUT2D eigenvalue weighted by molar-refractivity contribution is -0.669. The number of anilines is 2. The van der Waals surface area contributed by atoms with Crippen molar-refractivity contribution in [1.29, 1.82) is 0 Å². The number of nitrogens with two attached hydrogens (primary N) is 2. The fourth-order valence-corrected chi connectivity index (χ4v) is 3.75. The van der Waals surface area contributed by atoms with Gasteiger partial charge in [0.1, 0.15) is 6.54 Å².